The number of ketones is 1. The van der Waals surface area contributed by atoms with Crippen LogP contribution in [0.2, 0.25) is 0 Å². The smallest absolute Gasteiger partial charge is 0.152 e. The van der Waals surface area contributed by atoms with Crippen LogP contribution in [0.1, 0.15) is 17.9 Å². The lowest BCUT2D eigenvalue weighted by atomic mass is 10.1. The van der Waals surface area contributed by atoms with Crippen molar-refractivity contribution in [2.75, 3.05) is 0 Å². The van der Waals surface area contributed by atoms with Gasteiger partial charge in [-0.2, -0.15) is 0 Å². The highest BCUT2D eigenvalue weighted by atomic mass is 35.5. The maximum Gasteiger partial charge on any atom is 0.152 e. The molecule has 0 aliphatic rings. The molecule has 0 radical (unpaired) electrons. The molecule has 1 rings (SSSR count). The van der Waals surface area contributed by atoms with Crippen molar-refractivity contribution in [1.82, 2.24) is 0 Å². The molecule has 0 saturated carbocycles. The van der Waals surface area contributed by atoms with Crippen molar-refractivity contribution in [3.8, 4) is 0 Å². The summed E-state index contributed by atoms with van der Waals surface area (Å²) in [6.07, 6.45) is 0. The molecule has 0 aliphatic carbocycles. The number of alkyl halides is 1. The third-order valence-electron chi connectivity index (χ3n) is 1.68. The Labute approximate surface area is 93.3 Å². The summed E-state index contributed by atoms with van der Waals surface area (Å²) in [7, 11) is 0. The van der Waals surface area contributed by atoms with E-state index < -0.39 is 5.38 Å². The average Bonchev–Trinajstić information content (AvgIpc) is 2.08. The van der Waals surface area contributed by atoms with Crippen molar-refractivity contribution >= 4 is 42.6 Å². The van der Waals surface area contributed by atoms with Crippen molar-refractivity contribution in [2.24, 2.45) is 0 Å². The minimum absolute atomic E-state index is 0.0871. The van der Waals surface area contributed by atoms with Crippen LogP contribution < -0.4 is 0 Å². The monoisotopic (exact) mass is 232 g/mol. The first-order chi connectivity index (χ1) is 6.04. The standard InChI is InChI=1S/C9H9ClOS2/c1-5(11)8(10)6-3-2-4-7(12)9(6)13/h2-4,8,12-13H,1H3. The summed E-state index contributed by atoms with van der Waals surface area (Å²) in [5.41, 5.74) is 0.713. The molecule has 0 spiro atoms. The molecule has 1 aromatic carbocycles. The van der Waals surface area contributed by atoms with Gasteiger partial charge >= 0.3 is 0 Å². The Morgan fingerprint density at radius 3 is 2.62 bits per heavy atom. The molecule has 70 valence electrons. The lowest BCUT2D eigenvalue weighted by molar-refractivity contribution is -0.116. The van der Waals surface area contributed by atoms with Gasteiger partial charge in [-0.1, -0.05) is 12.1 Å². The number of hydrogen-bond donors (Lipinski definition) is 2. The number of hydrogen-bond acceptors (Lipinski definition) is 3. The third-order valence-corrected chi connectivity index (χ3v) is 3.27. The molecule has 4 heteroatoms. The van der Waals surface area contributed by atoms with Crippen LogP contribution >= 0.6 is 36.9 Å². The molecule has 1 nitrogen and oxygen atoms in total. The first-order valence-corrected chi connectivity index (χ1v) is 5.02. The Hall–Kier alpha value is -0.120. The minimum atomic E-state index is -0.625. The summed E-state index contributed by atoms with van der Waals surface area (Å²) in [6.45, 7) is 1.45. The molecule has 0 saturated heterocycles. The lowest BCUT2D eigenvalue weighted by Gasteiger charge is -2.09. The number of carbonyl (C=O) groups is 1. The molecular weight excluding hydrogens is 224 g/mol. The van der Waals surface area contributed by atoms with Gasteiger partial charge in [-0.3, -0.25) is 4.79 Å². The highest BCUT2D eigenvalue weighted by Gasteiger charge is 2.16. The maximum absolute atomic E-state index is 11.0. The van der Waals surface area contributed by atoms with Gasteiger partial charge in [-0.05, 0) is 18.6 Å². The van der Waals surface area contributed by atoms with E-state index in [1.165, 1.54) is 6.92 Å². The summed E-state index contributed by atoms with van der Waals surface area (Å²) in [6, 6.07) is 5.38. The quantitative estimate of drug-likeness (QED) is 0.592. The van der Waals surface area contributed by atoms with E-state index in [1.54, 1.807) is 18.2 Å². The number of rotatable bonds is 2. The zero-order chi connectivity index (χ0) is 10.0. The number of halogens is 1. The summed E-state index contributed by atoms with van der Waals surface area (Å²) in [4.78, 5) is 12.4. The molecule has 0 fully saturated rings. The van der Waals surface area contributed by atoms with Gasteiger partial charge < -0.3 is 0 Å². The van der Waals surface area contributed by atoms with Crippen molar-refractivity contribution in [1.29, 1.82) is 0 Å². The van der Waals surface area contributed by atoms with E-state index in [1.807, 2.05) is 0 Å². The first kappa shape index (κ1) is 11.0. The van der Waals surface area contributed by atoms with Gasteiger partial charge in [0.2, 0.25) is 0 Å². The van der Waals surface area contributed by atoms with Crippen LogP contribution in [0.4, 0.5) is 0 Å². The Morgan fingerprint density at radius 1 is 1.46 bits per heavy atom. The molecule has 1 aromatic rings. The van der Waals surface area contributed by atoms with Crippen LogP contribution in [0.25, 0.3) is 0 Å². The first-order valence-electron chi connectivity index (χ1n) is 3.69. The van der Waals surface area contributed by atoms with Gasteiger partial charge in [0.15, 0.2) is 5.78 Å². The van der Waals surface area contributed by atoms with Crippen molar-refractivity contribution in [3.63, 3.8) is 0 Å². The number of Topliss-reactive ketones (excluding diaryl/α,β-unsaturated/α-hetero) is 1. The molecule has 0 bridgehead atoms. The van der Waals surface area contributed by atoms with Crippen molar-refractivity contribution < 1.29 is 4.79 Å². The zero-order valence-electron chi connectivity index (χ0n) is 6.99. The number of thiol groups is 2. The van der Waals surface area contributed by atoms with Crippen LogP contribution in [0.5, 0.6) is 0 Å². The largest absolute Gasteiger partial charge is 0.298 e. The molecule has 0 N–H and O–H groups in total. The van der Waals surface area contributed by atoms with E-state index in [2.05, 4.69) is 25.3 Å². The number of benzene rings is 1. The van der Waals surface area contributed by atoms with Gasteiger partial charge in [0.25, 0.3) is 0 Å². The van der Waals surface area contributed by atoms with Crippen LogP contribution in [-0.4, -0.2) is 5.78 Å². The van der Waals surface area contributed by atoms with E-state index in [9.17, 15) is 4.79 Å². The van der Waals surface area contributed by atoms with Gasteiger partial charge in [0.1, 0.15) is 5.38 Å². The highest BCUT2D eigenvalue weighted by molar-refractivity contribution is 7.83. The SMILES string of the molecule is CC(=O)C(Cl)c1cccc(S)c1S. The average molecular weight is 233 g/mol. The number of carbonyl (C=O) groups excluding carboxylic acids is 1. The van der Waals surface area contributed by atoms with E-state index in [4.69, 9.17) is 11.6 Å². The predicted molar refractivity (Wildman–Crippen MR) is 60.2 cm³/mol. The molecule has 1 unspecified atom stereocenters. The molecule has 0 heterocycles. The van der Waals surface area contributed by atoms with Gasteiger partial charge in [-0.15, -0.1) is 36.9 Å². The second-order valence-electron chi connectivity index (χ2n) is 2.69. The Balaban J connectivity index is 3.15. The molecule has 1 atom stereocenters. The molecule has 0 aromatic heterocycles. The van der Waals surface area contributed by atoms with Crippen LogP contribution in [-0.2, 0) is 4.79 Å². The van der Waals surface area contributed by atoms with Gasteiger partial charge in [0, 0.05) is 9.79 Å². The topological polar surface area (TPSA) is 17.1 Å². The van der Waals surface area contributed by atoms with E-state index in [0.717, 1.165) is 4.90 Å². The van der Waals surface area contributed by atoms with E-state index >= 15 is 0 Å². The fourth-order valence-corrected chi connectivity index (χ4v) is 1.72. The normalized spacial score (nSPS) is 12.6. The van der Waals surface area contributed by atoms with E-state index in [-0.39, 0.29) is 5.78 Å². The molecular formula is C9H9ClOS2. The molecule has 0 amide bonds. The van der Waals surface area contributed by atoms with Crippen LogP contribution in [0, 0.1) is 0 Å². The lowest BCUT2D eigenvalue weighted by Crippen LogP contribution is -2.02. The Morgan fingerprint density at radius 2 is 2.08 bits per heavy atom. The minimum Gasteiger partial charge on any atom is -0.298 e. The van der Waals surface area contributed by atoms with Crippen LogP contribution in [0.15, 0.2) is 28.0 Å². The predicted octanol–water partition coefficient (Wildman–Crippen LogP) is 3.13. The fourth-order valence-electron chi connectivity index (χ4n) is 0.972. The second kappa shape index (κ2) is 4.40. The van der Waals surface area contributed by atoms with Crippen LogP contribution in [0.3, 0.4) is 0 Å². The summed E-state index contributed by atoms with van der Waals surface area (Å²) >= 11 is 14.3. The maximum atomic E-state index is 11.0. The zero-order valence-corrected chi connectivity index (χ0v) is 9.53. The Kier molecular flexibility index (Phi) is 3.71. The second-order valence-corrected chi connectivity index (χ2v) is 4.05. The summed E-state index contributed by atoms with van der Waals surface area (Å²) in [5.74, 6) is -0.0871. The van der Waals surface area contributed by atoms with E-state index in [0.29, 0.717) is 10.5 Å². The fraction of sp³-hybridized carbons (Fsp3) is 0.222. The van der Waals surface area contributed by atoms with Crippen molar-refractivity contribution in [3.05, 3.63) is 23.8 Å². The molecule has 0 aliphatic heterocycles. The van der Waals surface area contributed by atoms with Crippen molar-refractivity contribution in [2.45, 2.75) is 22.1 Å². The summed E-state index contributed by atoms with van der Waals surface area (Å²) in [5, 5.41) is -0.625. The summed E-state index contributed by atoms with van der Waals surface area (Å²) < 4.78 is 0. The van der Waals surface area contributed by atoms with Gasteiger partial charge in [0.05, 0.1) is 0 Å². The molecule has 13 heavy (non-hydrogen) atoms. The highest BCUT2D eigenvalue weighted by Crippen LogP contribution is 2.31. The van der Waals surface area contributed by atoms with Gasteiger partial charge in [-0.25, -0.2) is 0 Å². The Bertz CT molecular complexity index is 338. The third kappa shape index (κ3) is 2.42.